The van der Waals surface area contributed by atoms with Gasteiger partial charge in [0.25, 0.3) is 0 Å². The average molecular weight is 355 g/mol. The molecule has 0 amide bonds. The predicted octanol–water partition coefficient (Wildman–Crippen LogP) is 0.802. The second-order valence-corrected chi connectivity index (χ2v) is 6.64. The molecule has 9 nitrogen and oxygen atoms in total. The first-order chi connectivity index (χ1) is 12.6. The van der Waals surface area contributed by atoms with E-state index < -0.39 is 0 Å². The van der Waals surface area contributed by atoms with E-state index in [1.807, 2.05) is 17.9 Å². The molecule has 0 N–H and O–H groups in total. The molecule has 4 rings (SSSR count). The Morgan fingerprint density at radius 1 is 1.31 bits per heavy atom. The molecule has 136 valence electrons. The number of anilines is 1. The maximum Gasteiger partial charge on any atom is 0.327 e. The summed E-state index contributed by atoms with van der Waals surface area (Å²) in [5, 5.41) is 9.38. The van der Waals surface area contributed by atoms with E-state index in [9.17, 15) is 4.79 Å². The van der Waals surface area contributed by atoms with E-state index in [1.54, 1.807) is 10.9 Å². The smallest absolute Gasteiger partial charge is 0.327 e. The van der Waals surface area contributed by atoms with Crippen LogP contribution in [-0.4, -0.2) is 55.7 Å². The molecule has 4 heterocycles. The molecule has 3 aromatic heterocycles. The van der Waals surface area contributed by atoms with Crippen LogP contribution in [0.3, 0.4) is 0 Å². The van der Waals surface area contributed by atoms with E-state index in [-0.39, 0.29) is 12.5 Å². The van der Waals surface area contributed by atoms with Crippen LogP contribution in [0.1, 0.15) is 12.0 Å². The number of fused-ring (bicyclic) bond motifs is 1. The van der Waals surface area contributed by atoms with Gasteiger partial charge in [-0.15, -0.1) is 0 Å². The highest BCUT2D eigenvalue weighted by Crippen LogP contribution is 2.29. The number of aryl methyl sites for hydroxylation is 1. The van der Waals surface area contributed by atoms with E-state index in [4.69, 9.17) is 4.74 Å². The lowest BCUT2D eigenvalue weighted by Gasteiger charge is -2.18. The van der Waals surface area contributed by atoms with Gasteiger partial charge < -0.3 is 9.64 Å². The number of ether oxygens (including phenoxy) is 1. The van der Waals surface area contributed by atoms with E-state index in [1.165, 1.54) is 19.0 Å². The maximum absolute atomic E-state index is 11.5. The molecule has 0 aromatic carbocycles. The number of hydrogen-bond donors (Lipinski definition) is 0. The van der Waals surface area contributed by atoms with Gasteiger partial charge in [-0.25, -0.2) is 14.6 Å². The fourth-order valence-corrected chi connectivity index (χ4v) is 3.54. The molecule has 1 fully saturated rings. The zero-order chi connectivity index (χ0) is 18.1. The first-order valence-corrected chi connectivity index (χ1v) is 8.60. The van der Waals surface area contributed by atoms with Gasteiger partial charge in [-0.05, 0) is 24.3 Å². The Kier molecular flexibility index (Phi) is 4.27. The van der Waals surface area contributed by atoms with Gasteiger partial charge in [0.1, 0.15) is 18.7 Å². The number of hydrogen-bond acceptors (Lipinski definition) is 7. The summed E-state index contributed by atoms with van der Waals surface area (Å²) in [6, 6.07) is 0. The van der Waals surface area contributed by atoms with Gasteiger partial charge in [-0.1, -0.05) is 0 Å². The topological polar surface area (TPSA) is 91.0 Å². The van der Waals surface area contributed by atoms with Crippen LogP contribution in [0.15, 0.2) is 24.9 Å². The average Bonchev–Trinajstić information content (AvgIpc) is 3.36. The van der Waals surface area contributed by atoms with Crippen LogP contribution < -0.4 is 4.90 Å². The monoisotopic (exact) mass is 355 g/mol. The van der Waals surface area contributed by atoms with Gasteiger partial charge in [0, 0.05) is 26.3 Å². The third-order valence-electron chi connectivity index (χ3n) is 4.79. The quantitative estimate of drug-likeness (QED) is 0.625. The summed E-state index contributed by atoms with van der Waals surface area (Å²) >= 11 is 0. The van der Waals surface area contributed by atoms with Crippen molar-refractivity contribution in [2.75, 3.05) is 25.1 Å². The Morgan fingerprint density at radius 3 is 2.96 bits per heavy atom. The summed E-state index contributed by atoms with van der Waals surface area (Å²) in [6.07, 6.45) is 9.38. The molecule has 1 saturated heterocycles. The number of carbonyl (C=O) groups is 1. The lowest BCUT2D eigenvalue weighted by atomic mass is 10.0. The second-order valence-electron chi connectivity index (χ2n) is 6.64. The number of nitrogens with zero attached hydrogens (tertiary/aromatic N) is 7. The van der Waals surface area contributed by atoms with Crippen LogP contribution in [0.4, 0.5) is 5.82 Å². The fraction of sp³-hybridized carbons (Fsp3) is 0.471. The van der Waals surface area contributed by atoms with Gasteiger partial charge in [-0.2, -0.15) is 10.2 Å². The van der Waals surface area contributed by atoms with Gasteiger partial charge >= 0.3 is 5.97 Å². The molecular weight excluding hydrogens is 334 g/mol. The molecule has 0 spiro atoms. The standard InChI is InChI=1S/C17H21N7O2/c1-22-8-13(6-20-22)5-12-3-4-23(9-12)16-14-7-21-24(10-15(25)26-2)17(14)19-11-18-16/h6-8,11-12H,3-5,9-10H2,1-2H3. The van der Waals surface area contributed by atoms with E-state index in [0.29, 0.717) is 11.6 Å². The third-order valence-corrected chi connectivity index (χ3v) is 4.79. The maximum atomic E-state index is 11.5. The second kappa shape index (κ2) is 6.74. The zero-order valence-electron chi connectivity index (χ0n) is 14.9. The van der Waals surface area contributed by atoms with Crippen LogP contribution in [0.5, 0.6) is 0 Å². The molecule has 26 heavy (non-hydrogen) atoms. The Bertz CT molecular complexity index is 932. The van der Waals surface area contributed by atoms with Gasteiger partial charge in [0.2, 0.25) is 0 Å². The van der Waals surface area contributed by atoms with Crippen LogP contribution in [0.2, 0.25) is 0 Å². The van der Waals surface area contributed by atoms with Crippen LogP contribution in [0.25, 0.3) is 11.0 Å². The van der Waals surface area contributed by atoms with Crippen molar-refractivity contribution in [1.29, 1.82) is 0 Å². The summed E-state index contributed by atoms with van der Waals surface area (Å²) in [5.41, 5.74) is 1.91. The minimum absolute atomic E-state index is 0.0418. The fourth-order valence-electron chi connectivity index (χ4n) is 3.54. The molecule has 0 aliphatic carbocycles. The van der Waals surface area contributed by atoms with Gasteiger partial charge in [-0.3, -0.25) is 9.48 Å². The number of aromatic nitrogens is 6. The molecule has 1 atom stereocenters. The largest absolute Gasteiger partial charge is 0.468 e. The number of rotatable bonds is 5. The molecule has 9 heteroatoms. The van der Waals surface area contributed by atoms with Crippen molar-refractivity contribution < 1.29 is 9.53 Å². The van der Waals surface area contributed by atoms with Crippen molar-refractivity contribution in [3.8, 4) is 0 Å². The summed E-state index contributed by atoms with van der Waals surface area (Å²) < 4.78 is 8.10. The van der Waals surface area contributed by atoms with Crippen LogP contribution in [-0.2, 0) is 29.5 Å². The lowest BCUT2D eigenvalue weighted by Crippen LogP contribution is -2.21. The first kappa shape index (κ1) is 16.5. The lowest BCUT2D eigenvalue weighted by molar-refractivity contribution is -0.141. The Morgan fingerprint density at radius 2 is 2.19 bits per heavy atom. The first-order valence-electron chi connectivity index (χ1n) is 8.60. The molecular formula is C17H21N7O2. The molecule has 3 aromatic rings. The molecule has 1 aliphatic rings. The highest BCUT2D eigenvalue weighted by atomic mass is 16.5. The van der Waals surface area contributed by atoms with Crippen molar-refractivity contribution in [2.24, 2.45) is 13.0 Å². The summed E-state index contributed by atoms with van der Waals surface area (Å²) in [4.78, 5) is 22.6. The molecule has 1 aliphatic heterocycles. The highest BCUT2D eigenvalue weighted by molar-refractivity contribution is 5.87. The van der Waals surface area contributed by atoms with E-state index in [0.717, 1.165) is 37.1 Å². The summed E-state index contributed by atoms with van der Waals surface area (Å²) in [6.45, 7) is 1.92. The van der Waals surface area contributed by atoms with E-state index in [2.05, 4.69) is 31.3 Å². The minimum atomic E-state index is -0.354. The van der Waals surface area contributed by atoms with Crippen molar-refractivity contribution in [3.05, 3.63) is 30.5 Å². The van der Waals surface area contributed by atoms with Crippen LogP contribution in [0, 0.1) is 5.92 Å². The molecule has 0 bridgehead atoms. The van der Waals surface area contributed by atoms with Gasteiger partial charge in [0.05, 0.1) is 24.9 Å². The number of carbonyl (C=O) groups excluding carboxylic acids is 1. The van der Waals surface area contributed by atoms with Crippen molar-refractivity contribution in [2.45, 2.75) is 19.4 Å². The van der Waals surface area contributed by atoms with Crippen molar-refractivity contribution in [3.63, 3.8) is 0 Å². The Labute approximate surface area is 150 Å². The predicted molar refractivity (Wildman–Crippen MR) is 94.6 cm³/mol. The number of esters is 1. The summed E-state index contributed by atoms with van der Waals surface area (Å²) in [7, 11) is 3.30. The van der Waals surface area contributed by atoms with Crippen LogP contribution >= 0.6 is 0 Å². The molecule has 1 unspecified atom stereocenters. The normalized spacial score (nSPS) is 17.2. The van der Waals surface area contributed by atoms with E-state index >= 15 is 0 Å². The highest BCUT2D eigenvalue weighted by Gasteiger charge is 2.26. The third kappa shape index (κ3) is 3.12. The van der Waals surface area contributed by atoms with Crippen molar-refractivity contribution >= 4 is 22.8 Å². The number of methoxy groups -OCH3 is 1. The molecule has 0 saturated carbocycles. The van der Waals surface area contributed by atoms with Crippen molar-refractivity contribution in [1.82, 2.24) is 29.5 Å². The molecule has 0 radical (unpaired) electrons. The zero-order valence-corrected chi connectivity index (χ0v) is 14.9. The van der Waals surface area contributed by atoms with Gasteiger partial charge in [0.15, 0.2) is 5.65 Å². The SMILES string of the molecule is COC(=O)Cn1ncc2c(N3CCC(Cc4cnn(C)c4)C3)ncnc21. The summed E-state index contributed by atoms with van der Waals surface area (Å²) in [5.74, 6) is 1.09. The minimum Gasteiger partial charge on any atom is -0.468 e. The Hall–Kier alpha value is -2.97. The Balaban J connectivity index is 1.53.